The van der Waals surface area contributed by atoms with Crippen molar-refractivity contribution in [1.82, 2.24) is 4.98 Å². The maximum atomic E-state index is 5.94. The lowest BCUT2D eigenvalue weighted by molar-refractivity contribution is 0.339. The van der Waals surface area contributed by atoms with E-state index in [9.17, 15) is 0 Å². The Morgan fingerprint density at radius 3 is 2.79 bits per heavy atom. The predicted molar refractivity (Wildman–Crippen MR) is 80.2 cm³/mol. The summed E-state index contributed by atoms with van der Waals surface area (Å²) in [6.07, 6.45) is 6.76. The topological polar surface area (TPSA) is 50.9 Å². The van der Waals surface area contributed by atoms with E-state index in [2.05, 4.69) is 28.5 Å². The Labute approximate surface area is 114 Å². The van der Waals surface area contributed by atoms with Gasteiger partial charge >= 0.3 is 0 Å². The molecule has 0 saturated heterocycles. The molecule has 1 heterocycles. The predicted octanol–water partition coefficient (Wildman–Crippen LogP) is 3.16. The maximum absolute atomic E-state index is 5.94. The van der Waals surface area contributed by atoms with E-state index >= 15 is 0 Å². The molecule has 0 spiro atoms. The maximum Gasteiger partial charge on any atom is 0.0703 e. The van der Waals surface area contributed by atoms with E-state index in [4.69, 9.17) is 5.73 Å². The highest BCUT2D eigenvalue weighted by molar-refractivity contribution is 5.81. The summed E-state index contributed by atoms with van der Waals surface area (Å²) in [6.45, 7) is 1.03. The molecule has 100 valence electrons. The number of anilines is 1. The second-order valence-electron chi connectivity index (χ2n) is 5.58. The summed E-state index contributed by atoms with van der Waals surface area (Å²) in [5, 5.41) is 4.71. The summed E-state index contributed by atoms with van der Waals surface area (Å²) in [5.41, 5.74) is 8.11. The van der Waals surface area contributed by atoms with E-state index in [0.717, 1.165) is 23.7 Å². The van der Waals surface area contributed by atoms with Crippen LogP contribution in [0.1, 0.15) is 25.7 Å². The fourth-order valence-electron chi connectivity index (χ4n) is 2.82. The lowest BCUT2D eigenvalue weighted by Crippen LogP contribution is -2.29. The summed E-state index contributed by atoms with van der Waals surface area (Å²) in [6, 6.07) is 10.8. The molecule has 1 aliphatic carbocycles. The average Bonchev–Trinajstić information content (AvgIpc) is 2.46. The number of nitrogens with two attached hydrogens (primary N) is 1. The van der Waals surface area contributed by atoms with Crippen molar-refractivity contribution < 1.29 is 0 Å². The van der Waals surface area contributed by atoms with Crippen molar-refractivity contribution in [3.8, 4) is 0 Å². The van der Waals surface area contributed by atoms with Gasteiger partial charge in [0, 0.05) is 18.0 Å². The van der Waals surface area contributed by atoms with Crippen LogP contribution < -0.4 is 11.1 Å². The summed E-state index contributed by atoms with van der Waals surface area (Å²) in [4.78, 5) is 4.47. The van der Waals surface area contributed by atoms with E-state index in [1.54, 1.807) is 0 Å². The van der Waals surface area contributed by atoms with Crippen LogP contribution in [0.4, 0.5) is 5.69 Å². The molecule has 2 aromatic rings. The number of nitrogens with zero attached hydrogens (tertiary/aromatic N) is 1. The van der Waals surface area contributed by atoms with Gasteiger partial charge in [-0.25, -0.2) is 0 Å². The third-order valence-electron chi connectivity index (χ3n) is 4.08. The average molecular weight is 255 g/mol. The van der Waals surface area contributed by atoms with Crippen molar-refractivity contribution >= 4 is 16.6 Å². The zero-order valence-electron chi connectivity index (χ0n) is 11.2. The normalized spacial score (nSPS) is 23.4. The van der Waals surface area contributed by atoms with Crippen molar-refractivity contribution in [2.45, 2.75) is 31.7 Å². The van der Waals surface area contributed by atoms with E-state index in [0.29, 0.717) is 6.04 Å². The molecule has 0 aliphatic heterocycles. The van der Waals surface area contributed by atoms with E-state index < -0.39 is 0 Å². The monoisotopic (exact) mass is 255 g/mol. The van der Waals surface area contributed by atoms with Crippen LogP contribution in [0.3, 0.4) is 0 Å². The number of fused-ring (bicyclic) bond motifs is 1. The Balaban J connectivity index is 1.62. The highest BCUT2D eigenvalue weighted by atomic mass is 14.9. The molecule has 3 nitrogen and oxygen atoms in total. The molecule has 1 aromatic heterocycles. The first-order chi connectivity index (χ1) is 9.31. The quantitative estimate of drug-likeness (QED) is 0.885. The molecule has 0 bridgehead atoms. The smallest absolute Gasteiger partial charge is 0.0703 e. The van der Waals surface area contributed by atoms with Crippen LogP contribution in [0.25, 0.3) is 10.9 Å². The van der Waals surface area contributed by atoms with Gasteiger partial charge in [0.05, 0.1) is 17.4 Å². The van der Waals surface area contributed by atoms with Crippen molar-refractivity contribution in [1.29, 1.82) is 0 Å². The molecule has 1 fully saturated rings. The Kier molecular flexibility index (Phi) is 3.65. The number of benzene rings is 1. The summed E-state index contributed by atoms with van der Waals surface area (Å²) in [5.74, 6) is 0.756. The van der Waals surface area contributed by atoms with Crippen LogP contribution in [0.15, 0.2) is 36.5 Å². The number of nitrogens with one attached hydrogen (secondary N) is 1. The summed E-state index contributed by atoms with van der Waals surface area (Å²) in [7, 11) is 0. The Morgan fingerprint density at radius 2 is 1.95 bits per heavy atom. The minimum atomic E-state index is 0.429. The first-order valence-corrected chi connectivity index (χ1v) is 7.15. The number of pyridine rings is 1. The molecule has 3 heteroatoms. The molecule has 0 radical (unpaired) electrons. The zero-order chi connectivity index (χ0) is 13.1. The Morgan fingerprint density at radius 1 is 1.16 bits per heavy atom. The van der Waals surface area contributed by atoms with Crippen molar-refractivity contribution in [3.05, 3.63) is 36.5 Å². The van der Waals surface area contributed by atoms with E-state index in [1.165, 1.54) is 31.1 Å². The van der Waals surface area contributed by atoms with Crippen LogP contribution in [-0.4, -0.2) is 17.6 Å². The minimum absolute atomic E-state index is 0.429. The standard InChI is InChI=1S/C16H21N3/c17-14-7-5-12(6-8-14)10-18-15-9-13-3-1-2-4-16(13)19-11-15/h1-4,9,11-12,14,18H,5-8,10,17H2. The van der Waals surface area contributed by atoms with E-state index in [1.807, 2.05) is 18.3 Å². The Bertz CT molecular complexity index is 544. The Hall–Kier alpha value is -1.61. The number of hydrogen-bond donors (Lipinski definition) is 2. The molecule has 1 aromatic carbocycles. The SMILES string of the molecule is NC1CCC(CNc2cnc3ccccc3c2)CC1. The molecule has 19 heavy (non-hydrogen) atoms. The van der Waals surface area contributed by atoms with Gasteiger partial charge in [-0.05, 0) is 43.7 Å². The van der Waals surface area contributed by atoms with Crippen LogP contribution in [0.5, 0.6) is 0 Å². The summed E-state index contributed by atoms with van der Waals surface area (Å²) < 4.78 is 0. The number of aromatic nitrogens is 1. The summed E-state index contributed by atoms with van der Waals surface area (Å²) >= 11 is 0. The molecule has 3 rings (SSSR count). The first-order valence-electron chi connectivity index (χ1n) is 7.15. The van der Waals surface area contributed by atoms with Crippen LogP contribution in [0.2, 0.25) is 0 Å². The van der Waals surface area contributed by atoms with Gasteiger partial charge in [-0.15, -0.1) is 0 Å². The fourth-order valence-corrected chi connectivity index (χ4v) is 2.82. The molecular formula is C16H21N3. The van der Waals surface area contributed by atoms with Gasteiger partial charge in [0.25, 0.3) is 0 Å². The number of hydrogen-bond acceptors (Lipinski definition) is 3. The molecule has 0 unspecified atom stereocenters. The first kappa shape index (κ1) is 12.4. The van der Waals surface area contributed by atoms with Gasteiger partial charge in [0.2, 0.25) is 0 Å². The van der Waals surface area contributed by atoms with Crippen LogP contribution in [-0.2, 0) is 0 Å². The minimum Gasteiger partial charge on any atom is -0.384 e. The zero-order valence-corrected chi connectivity index (χ0v) is 11.2. The molecular weight excluding hydrogens is 234 g/mol. The van der Waals surface area contributed by atoms with Gasteiger partial charge in [-0.2, -0.15) is 0 Å². The van der Waals surface area contributed by atoms with Crippen molar-refractivity contribution in [3.63, 3.8) is 0 Å². The highest BCUT2D eigenvalue weighted by Gasteiger charge is 2.18. The molecule has 0 atom stereocenters. The van der Waals surface area contributed by atoms with Gasteiger partial charge in [-0.3, -0.25) is 4.98 Å². The fraction of sp³-hybridized carbons (Fsp3) is 0.438. The second-order valence-corrected chi connectivity index (χ2v) is 5.58. The van der Waals surface area contributed by atoms with Gasteiger partial charge in [0.15, 0.2) is 0 Å². The molecule has 1 saturated carbocycles. The lowest BCUT2D eigenvalue weighted by Gasteiger charge is -2.26. The highest BCUT2D eigenvalue weighted by Crippen LogP contribution is 2.24. The van der Waals surface area contributed by atoms with Gasteiger partial charge in [-0.1, -0.05) is 18.2 Å². The number of rotatable bonds is 3. The third-order valence-corrected chi connectivity index (χ3v) is 4.08. The van der Waals surface area contributed by atoms with Crippen LogP contribution >= 0.6 is 0 Å². The number of para-hydroxylation sites is 1. The van der Waals surface area contributed by atoms with Gasteiger partial charge in [0.1, 0.15) is 0 Å². The van der Waals surface area contributed by atoms with Gasteiger partial charge < -0.3 is 11.1 Å². The molecule has 1 aliphatic rings. The molecule has 0 amide bonds. The van der Waals surface area contributed by atoms with Crippen molar-refractivity contribution in [2.24, 2.45) is 11.7 Å². The van der Waals surface area contributed by atoms with Crippen molar-refractivity contribution in [2.75, 3.05) is 11.9 Å². The second kappa shape index (κ2) is 5.57. The molecule has 3 N–H and O–H groups in total. The van der Waals surface area contributed by atoms with E-state index in [-0.39, 0.29) is 0 Å². The third kappa shape index (κ3) is 3.04. The largest absolute Gasteiger partial charge is 0.384 e. The van der Waals surface area contributed by atoms with Crippen LogP contribution in [0, 0.1) is 5.92 Å². The lowest BCUT2D eigenvalue weighted by atomic mass is 9.86.